The number of benzene rings is 1. The highest BCUT2D eigenvalue weighted by molar-refractivity contribution is 7.98. The molecule has 0 saturated heterocycles. The smallest absolute Gasteiger partial charge is 0.251 e. The number of carbonyl (C=O) groups excluding carboxylic acids is 1. The highest BCUT2D eigenvalue weighted by Gasteiger charge is 2.05. The third-order valence-electron chi connectivity index (χ3n) is 2.46. The van der Waals surface area contributed by atoms with Crippen molar-refractivity contribution in [2.45, 2.75) is 11.3 Å². The van der Waals surface area contributed by atoms with Crippen molar-refractivity contribution in [3.05, 3.63) is 42.0 Å². The van der Waals surface area contributed by atoms with Crippen molar-refractivity contribution >= 4 is 17.7 Å². The molecule has 94 valence electrons. The Morgan fingerprint density at radius 3 is 2.78 bits per heavy atom. The SMILES string of the molecule is CSc1ccc(C(=O)NCCc2ncn[nH]2)cc1. The quantitative estimate of drug-likeness (QED) is 0.801. The summed E-state index contributed by atoms with van der Waals surface area (Å²) in [6.45, 7) is 0.540. The number of hydrogen-bond acceptors (Lipinski definition) is 4. The van der Waals surface area contributed by atoms with Gasteiger partial charge in [0.05, 0.1) is 0 Å². The van der Waals surface area contributed by atoms with Crippen molar-refractivity contribution in [2.24, 2.45) is 0 Å². The Morgan fingerprint density at radius 2 is 2.17 bits per heavy atom. The van der Waals surface area contributed by atoms with Gasteiger partial charge in [-0.25, -0.2) is 4.98 Å². The number of carbonyl (C=O) groups is 1. The number of rotatable bonds is 5. The molecule has 18 heavy (non-hydrogen) atoms. The van der Waals surface area contributed by atoms with Gasteiger partial charge in [0.25, 0.3) is 5.91 Å². The summed E-state index contributed by atoms with van der Waals surface area (Å²) in [6.07, 6.45) is 4.11. The Morgan fingerprint density at radius 1 is 1.39 bits per heavy atom. The predicted octanol–water partition coefficient (Wildman–Crippen LogP) is 1.50. The minimum atomic E-state index is -0.0674. The molecule has 0 atom stereocenters. The van der Waals surface area contributed by atoms with Gasteiger partial charge in [0.1, 0.15) is 12.2 Å². The van der Waals surface area contributed by atoms with Gasteiger partial charge in [-0.1, -0.05) is 0 Å². The molecule has 0 bridgehead atoms. The Hall–Kier alpha value is -1.82. The number of H-pyrrole nitrogens is 1. The average molecular weight is 262 g/mol. The van der Waals surface area contributed by atoms with Crippen molar-refractivity contribution in [3.63, 3.8) is 0 Å². The van der Waals surface area contributed by atoms with E-state index in [-0.39, 0.29) is 5.91 Å². The molecule has 1 amide bonds. The third-order valence-corrected chi connectivity index (χ3v) is 3.21. The Kier molecular flexibility index (Phi) is 4.35. The zero-order chi connectivity index (χ0) is 12.8. The van der Waals surface area contributed by atoms with Crippen LogP contribution in [-0.4, -0.2) is 33.9 Å². The summed E-state index contributed by atoms with van der Waals surface area (Å²) in [6, 6.07) is 7.54. The lowest BCUT2D eigenvalue weighted by molar-refractivity contribution is 0.0954. The molecular weight excluding hydrogens is 248 g/mol. The summed E-state index contributed by atoms with van der Waals surface area (Å²) in [7, 11) is 0. The molecule has 0 aliphatic heterocycles. The normalized spacial score (nSPS) is 10.3. The second kappa shape index (κ2) is 6.20. The lowest BCUT2D eigenvalue weighted by Gasteiger charge is -2.04. The molecule has 0 fully saturated rings. The first-order valence-corrected chi connectivity index (χ1v) is 6.78. The number of nitrogens with one attached hydrogen (secondary N) is 2. The maximum atomic E-state index is 11.8. The van der Waals surface area contributed by atoms with Crippen molar-refractivity contribution in [2.75, 3.05) is 12.8 Å². The van der Waals surface area contributed by atoms with E-state index in [2.05, 4.69) is 20.5 Å². The number of aromatic nitrogens is 3. The van der Waals surface area contributed by atoms with E-state index in [1.807, 2.05) is 30.5 Å². The molecule has 2 rings (SSSR count). The number of aromatic amines is 1. The lowest BCUT2D eigenvalue weighted by atomic mass is 10.2. The van der Waals surface area contributed by atoms with Crippen LogP contribution in [0.25, 0.3) is 0 Å². The fourth-order valence-corrected chi connectivity index (χ4v) is 1.90. The first kappa shape index (κ1) is 12.6. The fourth-order valence-electron chi connectivity index (χ4n) is 1.49. The maximum Gasteiger partial charge on any atom is 0.251 e. The Balaban J connectivity index is 1.83. The first-order valence-electron chi connectivity index (χ1n) is 5.56. The van der Waals surface area contributed by atoms with Gasteiger partial charge in [0, 0.05) is 23.4 Å². The molecule has 0 saturated carbocycles. The minimum absolute atomic E-state index is 0.0674. The van der Waals surface area contributed by atoms with Crippen LogP contribution in [0, 0.1) is 0 Å². The minimum Gasteiger partial charge on any atom is -0.352 e. The zero-order valence-corrected chi connectivity index (χ0v) is 10.8. The van der Waals surface area contributed by atoms with Gasteiger partial charge in [-0.15, -0.1) is 11.8 Å². The highest BCUT2D eigenvalue weighted by atomic mass is 32.2. The van der Waals surface area contributed by atoms with Crippen molar-refractivity contribution < 1.29 is 4.79 Å². The van der Waals surface area contributed by atoms with Gasteiger partial charge in [-0.2, -0.15) is 5.10 Å². The van der Waals surface area contributed by atoms with Crippen LogP contribution in [0.2, 0.25) is 0 Å². The van der Waals surface area contributed by atoms with E-state index >= 15 is 0 Å². The maximum absolute atomic E-state index is 11.8. The van der Waals surface area contributed by atoms with Gasteiger partial charge in [0.15, 0.2) is 0 Å². The molecule has 2 N–H and O–H groups in total. The van der Waals surface area contributed by atoms with Crippen LogP contribution >= 0.6 is 11.8 Å². The second-order valence-electron chi connectivity index (χ2n) is 3.67. The number of thioether (sulfide) groups is 1. The summed E-state index contributed by atoms with van der Waals surface area (Å²) in [5.41, 5.74) is 0.672. The molecule has 0 unspecified atom stereocenters. The van der Waals surface area contributed by atoms with E-state index < -0.39 is 0 Å². The van der Waals surface area contributed by atoms with E-state index in [1.54, 1.807) is 11.8 Å². The fraction of sp³-hybridized carbons (Fsp3) is 0.250. The second-order valence-corrected chi connectivity index (χ2v) is 4.55. The molecule has 1 heterocycles. The van der Waals surface area contributed by atoms with Gasteiger partial charge in [0.2, 0.25) is 0 Å². The zero-order valence-electron chi connectivity index (χ0n) is 10.0. The summed E-state index contributed by atoms with van der Waals surface area (Å²) in [5, 5.41) is 9.34. The van der Waals surface area contributed by atoms with Crippen molar-refractivity contribution in [1.29, 1.82) is 0 Å². The number of hydrogen-bond donors (Lipinski definition) is 2. The van der Waals surface area contributed by atoms with Gasteiger partial charge in [-0.3, -0.25) is 9.89 Å². The molecule has 6 heteroatoms. The first-order chi connectivity index (χ1) is 8.79. The molecule has 1 aromatic heterocycles. The molecule has 0 aliphatic rings. The molecular formula is C12H14N4OS. The van der Waals surface area contributed by atoms with Crippen LogP contribution in [0.5, 0.6) is 0 Å². The Labute approximate surface area is 109 Å². The molecule has 2 aromatic rings. The van der Waals surface area contributed by atoms with Crippen molar-refractivity contribution in [3.8, 4) is 0 Å². The molecule has 0 spiro atoms. The van der Waals surface area contributed by atoms with E-state index in [0.717, 1.165) is 10.7 Å². The van der Waals surface area contributed by atoms with Crippen LogP contribution in [-0.2, 0) is 6.42 Å². The number of amides is 1. The largest absolute Gasteiger partial charge is 0.352 e. The summed E-state index contributed by atoms with van der Waals surface area (Å²) in [5.74, 6) is 0.704. The van der Waals surface area contributed by atoms with Gasteiger partial charge < -0.3 is 5.32 Å². The topological polar surface area (TPSA) is 70.7 Å². The molecule has 1 aromatic carbocycles. The highest BCUT2D eigenvalue weighted by Crippen LogP contribution is 2.14. The van der Waals surface area contributed by atoms with E-state index in [1.165, 1.54) is 6.33 Å². The van der Waals surface area contributed by atoms with E-state index in [0.29, 0.717) is 18.5 Å². The van der Waals surface area contributed by atoms with Gasteiger partial charge in [-0.05, 0) is 30.5 Å². The van der Waals surface area contributed by atoms with Crippen LogP contribution in [0.15, 0.2) is 35.5 Å². The predicted molar refractivity (Wildman–Crippen MR) is 70.6 cm³/mol. The van der Waals surface area contributed by atoms with Crippen molar-refractivity contribution in [1.82, 2.24) is 20.5 Å². The molecule has 0 radical (unpaired) electrons. The van der Waals surface area contributed by atoms with E-state index in [4.69, 9.17) is 0 Å². The standard InChI is InChI=1S/C12H14N4OS/c1-18-10-4-2-9(3-5-10)12(17)13-7-6-11-14-8-15-16-11/h2-5,8H,6-7H2,1H3,(H,13,17)(H,14,15,16). The average Bonchev–Trinajstić information content (AvgIpc) is 2.92. The molecule has 0 aliphatic carbocycles. The number of nitrogens with zero attached hydrogens (tertiary/aromatic N) is 2. The van der Waals surface area contributed by atoms with Crippen LogP contribution < -0.4 is 5.32 Å². The monoisotopic (exact) mass is 262 g/mol. The van der Waals surface area contributed by atoms with Crippen LogP contribution in [0.1, 0.15) is 16.2 Å². The molecule has 5 nitrogen and oxygen atoms in total. The van der Waals surface area contributed by atoms with Crippen LogP contribution in [0.4, 0.5) is 0 Å². The third kappa shape index (κ3) is 3.33. The summed E-state index contributed by atoms with van der Waals surface area (Å²) >= 11 is 1.65. The summed E-state index contributed by atoms with van der Waals surface area (Å²) in [4.78, 5) is 16.9. The van der Waals surface area contributed by atoms with Gasteiger partial charge >= 0.3 is 0 Å². The lowest BCUT2D eigenvalue weighted by Crippen LogP contribution is -2.25. The Bertz CT molecular complexity index is 495. The summed E-state index contributed by atoms with van der Waals surface area (Å²) < 4.78 is 0. The van der Waals surface area contributed by atoms with E-state index in [9.17, 15) is 4.79 Å². The van der Waals surface area contributed by atoms with Crippen LogP contribution in [0.3, 0.4) is 0 Å².